The van der Waals surface area contributed by atoms with Gasteiger partial charge in [-0.05, 0) is 23.9 Å². The van der Waals surface area contributed by atoms with Crippen LogP contribution in [0.3, 0.4) is 0 Å². The van der Waals surface area contributed by atoms with Gasteiger partial charge in [0.2, 0.25) is 5.91 Å². The first-order valence-corrected chi connectivity index (χ1v) is 8.85. The van der Waals surface area contributed by atoms with Crippen molar-refractivity contribution in [3.8, 4) is 0 Å². The highest BCUT2D eigenvalue weighted by atomic mass is 32.1. The Balaban J connectivity index is 1.29. The Bertz CT molecular complexity index is 737. The number of hydrogen-bond acceptors (Lipinski definition) is 5. The van der Waals surface area contributed by atoms with E-state index in [4.69, 9.17) is 0 Å². The van der Waals surface area contributed by atoms with Crippen LogP contribution in [0.25, 0.3) is 0 Å². The Morgan fingerprint density at radius 3 is 3.00 bits per heavy atom. The van der Waals surface area contributed by atoms with E-state index in [9.17, 15) is 9.59 Å². The summed E-state index contributed by atoms with van der Waals surface area (Å²) in [5, 5.41) is 13.9. The Morgan fingerprint density at radius 1 is 1.42 bits per heavy atom. The van der Waals surface area contributed by atoms with Crippen molar-refractivity contribution in [3.05, 3.63) is 29.4 Å². The zero-order valence-electron chi connectivity index (χ0n) is 13.1. The minimum atomic E-state index is -0.0864. The number of carbonyl (C=O) groups excluding carboxylic acids is 2. The summed E-state index contributed by atoms with van der Waals surface area (Å²) in [6, 6.07) is 3.84. The minimum absolute atomic E-state index is 0.0864. The molecule has 0 spiro atoms. The predicted octanol–water partition coefficient (Wildman–Crippen LogP) is 1.55. The molecule has 2 aliphatic heterocycles. The second kappa shape index (κ2) is 6.23. The maximum atomic E-state index is 12.1. The molecule has 2 aliphatic rings. The third-order valence-corrected chi connectivity index (χ3v) is 5.14. The number of rotatable bonds is 4. The molecule has 4 heterocycles. The summed E-state index contributed by atoms with van der Waals surface area (Å²) >= 11 is 1.50. The smallest absolute Gasteiger partial charge is 0.322 e. The van der Waals surface area contributed by atoms with Gasteiger partial charge in [0.25, 0.3) is 0 Å². The van der Waals surface area contributed by atoms with Gasteiger partial charge in [-0.15, -0.1) is 16.4 Å². The molecule has 0 aliphatic carbocycles. The highest BCUT2D eigenvalue weighted by Crippen LogP contribution is 2.23. The van der Waals surface area contributed by atoms with E-state index < -0.39 is 0 Å². The maximum Gasteiger partial charge on any atom is 0.322 e. The van der Waals surface area contributed by atoms with Gasteiger partial charge in [0.15, 0.2) is 0 Å². The zero-order valence-corrected chi connectivity index (χ0v) is 13.9. The van der Waals surface area contributed by atoms with Gasteiger partial charge in [0.05, 0.1) is 23.8 Å². The molecule has 3 amide bonds. The quantitative estimate of drug-likeness (QED) is 0.910. The molecule has 0 unspecified atom stereocenters. The third-order valence-electron chi connectivity index (χ3n) is 4.36. The van der Waals surface area contributed by atoms with E-state index >= 15 is 0 Å². The lowest BCUT2D eigenvalue weighted by molar-refractivity contribution is -0.128. The average Bonchev–Trinajstić information content (AvgIpc) is 3.23. The van der Waals surface area contributed by atoms with E-state index in [0.717, 1.165) is 23.7 Å². The minimum Gasteiger partial charge on any atom is -0.337 e. The van der Waals surface area contributed by atoms with E-state index in [-0.39, 0.29) is 18.0 Å². The number of urea groups is 1. The second-order valence-corrected chi connectivity index (χ2v) is 7.02. The summed E-state index contributed by atoms with van der Waals surface area (Å²) in [5.41, 5.74) is 0.798. The first-order chi connectivity index (χ1) is 11.7. The van der Waals surface area contributed by atoms with Gasteiger partial charge in [-0.1, -0.05) is 5.21 Å². The summed E-state index contributed by atoms with van der Waals surface area (Å²) in [4.78, 5) is 27.3. The lowest BCUT2D eigenvalue weighted by Crippen LogP contribution is -2.52. The molecule has 0 saturated carbocycles. The molecule has 4 rings (SSSR count). The van der Waals surface area contributed by atoms with E-state index in [1.807, 2.05) is 28.6 Å². The number of carbonyl (C=O) groups is 2. The first kappa shape index (κ1) is 15.1. The number of amides is 3. The van der Waals surface area contributed by atoms with Gasteiger partial charge in [0.1, 0.15) is 5.69 Å². The summed E-state index contributed by atoms with van der Waals surface area (Å²) in [6.45, 7) is 2.55. The third kappa shape index (κ3) is 2.99. The molecular weight excluding hydrogens is 328 g/mol. The monoisotopic (exact) mass is 346 g/mol. The Hall–Kier alpha value is -2.42. The van der Waals surface area contributed by atoms with Crippen LogP contribution < -0.4 is 5.32 Å². The van der Waals surface area contributed by atoms with Crippen LogP contribution in [0.4, 0.5) is 9.80 Å². The Kier molecular flexibility index (Phi) is 3.93. The molecule has 8 nitrogen and oxygen atoms in total. The maximum absolute atomic E-state index is 12.1. The van der Waals surface area contributed by atoms with Crippen molar-refractivity contribution in [2.75, 3.05) is 25.0 Å². The summed E-state index contributed by atoms with van der Waals surface area (Å²) in [6.07, 6.45) is 3.43. The van der Waals surface area contributed by atoms with Crippen LogP contribution in [-0.4, -0.2) is 56.4 Å². The fraction of sp³-hybridized carbons (Fsp3) is 0.467. The van der Waals surface area contributed by atoms with Crippen molar-refractivity contribution in [2.24, 2.45) is 0 Å². The number of anilines is 1. The number of hydrogen-bond donors (Lipinski definition) is 1. The van der Waals surface area contributed by atoms with Crippen LogP contribution in [0, 0.1) is 0 Å². The SMILES string of the molecule is O=C1CCCN1Cc1cn(C2CN(C(=O)Nc3cccs3)C2)nn1. The van der Waals surface area contributed by atoms with Gasteiger partial charge in [-0.3, -0.25) is 10.1 Å². The van der Waals surface area contributed by atoms with Crippen LogP contribution in [0.2, 0.25) is 0 Å². The van der Waals surface area contributed by atoms with Crippen molar-refractivity contribution < 1.29 is 9.59 Å². The fourth-order valence-corrected chi connectivity index (χ4v) is 3.56. The van der Waals surface area contributed by atoms with Crippen LogP contribution in [-0.2, 0) is 11.3 Å². The molecule has 9 heteroatoms. The highest BCUT2D eigenvalue weighted by molar-refractivity contribution is 7.14. The number of likely N-dealkylation sites (tertiary alicyclic amines) is 2. The highest BCUT2D eigenvalue weighted by Gasteiger charge is 2.33. The normalized spacial score (nSPS) is 18.1. The van der Waals surface area contributed by atoms with Gasteiger partial charge >= 0.3 is 6.03 Å². The number of aromatic nitrogens is 3. The molecule has 1 N–H and O–H groups in total. The second-order valence-electron chi connectivity index (χ2n) is 6.07. The number of nitrogens with zero attached hydrogens (tertiary/aromatic N) is 5. The van der Waals surface area contributed by atoms with Crippen molar-refractivity contribution in [1.82, 2.24) is 24.8 Å². The van der Waals surface area contributed by atoms with Crippen molar-refractivity contribution in [1.29, 1.82) is 0 Å². The van der Waals surface area contributed by atoms with E-state index in [1.54, 1.807) is 9.58 Å². The summed E-state index contributed by atoms with van der Waals surface area (Å²) < 4.78 is 1.80. The number of thiophene rings is 1. The van der Waals surface area contributed by atoms with Crippen molar-refractivity contribution in [3.63, 3.8) is 0 Å². The van der Waals surface area contributed by atoms with Crippen LogP contribution in [0.15, 0.2) is 23.7 Å². The molecule has 0 aromatic carbocycles. The van der Waals surface area contributed by atoms with Gasteiger partial charge in [0, 0.05) is 26.1 Å². The topological polar surface area (TPSA) is 83.4 Å². The fourth-order valence-electron chi connectivity index (χ4n) is 2.95. The molecule has 126 valence electrons. The molecule has 0 bridgehead atoms. The molecule has 24 heavy (non-hydrogen) atoms. The van der Waals surface area contributed by atoms with Crippen LogP contribution >= 0.6 is 11.3 Å². The first-order valence-electron chi connectivity index (χ1n) is 7.97. The zero-order chi connectivity index (χ0) is 16.5. The van der Waals surface area contributed by atoms with Crippen molar-refractivity contribution in [2.45, 2.75) is 25.4 Å². The van der Waals surface area contributed by atoms with Crippen molar-refractivity contribution >= 4 is 28.3 Å². The molecule has 2 fully saturated rings. The van der Waals surface area contributed by atoms with Gasteiger partial charge in [-0.2, -0.15) is 0 Å². The largest absolute Gasteiger partial charge is 0.337 e. The summed E-state index contributed by atoms with van der Waals surface area (Å²) in [7, 11) is 0. The lowest BCUT2D eigenvalue weighted by atomic mass is 10.1. The van der Waals surface area contributed by atoms with Crippen LogP contribution in [0.5, 0.6) is 0 Å². The molecule has 0 atom stereocenters. The average molecular weight is 346 g/mol. The van der Waals surface area contributed by atoms with Gasteiger partial charge in [-0.25, -0.2) is 9.48 Å². The molecule has 2 aromatic heterocycles. The standard InChI is InChI=1S/C15H18N6O2S/c22-14-4-1-5-19(14)7-11-8-21(18-17-11)12-9-20(10-12)15(23)16-13-3-2-6-24-13/h2-3,6,8,12H,1,4-5,7,9-10H2,(H,16,23). The van der Waals surface area contributed by atoms with E-state index in [1.165, 1.54) is 11.3 Å². The lowest BCUT2D eigenvalue weighted by Gasteiger charge is -2.38. The van der Waals surface area contributed by atoms with Gasteiger partial charge < -0.3 is 9.80 Å². The molecule has 0 radical (unpaired) electrons. The van der Waals surface area contributed by atoms with Crippen LogP contribution in [0.1, 0.15) is 24.6 Å². The molecular formula is C15H18N6O2S. The van der Waals surface area contributed by atoms with E-state index in [0.29, 0.717) is 26.1 Å². The predicted molar refractivity (Wildman–Crippen MR) is 88.6 cm³/mol. The molecule has 2 aromatic rings. The Morgan fingerprint density at radius 2 is 2.29 bits per heavy atom. The summed E-state index contributed by atoms with van der Waals surface area (Å²) in [5.74, 6) is 0.185. The Labute approximate surface area is 143 Å². The number of nitrogens with one attached hydrogen (secondary N) is 1. The molecule has 2 saturated heterocycles. The van der Waals surface area contributed by atoms with E-state index in [2.05, 4.69) is 15.6 Å².